The summed E-state index contributed by atoms with van der Waals surface area (Å²) in [6.07, 6.45) is 3.19. The van der Waals surface area contributed by atoms with Gasteiger partial charge in [-0.1, -0.05) is 18.1 Å². The van der Waals surface area contributed by atoms with Crippen LogP contribution in [0.5, 0.6) is 5.75 Å². The highest BCUT2D eigenvalue weighted by Crippen LogP contribution is 2.39. The largest absolute Gasteiger partial charge is 0.491 e. The lowest BCUT2D eigenvalue weighted by Crippen LogP contribution is -2.10. The number of fused-ring (bicyclic) bond motifs is 3. The van der Waals surface area contributed by atoms with Crippen LogP contribution in [0.4, 0.5) is 0 Å². The van der Waals surface area contributed by atoms with Crippen LogP contribution in [0.3, 0.4) is 0 Å². The molecule has 1 aliphatic rings. The summed E-state index contributed by atoms with van der Waals surface area (Å²) in [4.78, 5) is 2.89. The predicted molar refractivity (Wildman–Crippen MR) is 87.0 cm³/mol. The number of ether oxygens (including phenoxy) is 1. The molecule has 1 atom stereocenters. The van der Waals surface area contributed by atoms with Crippen LogP contribution >= 0.6 is 0 Å². The Bertz CT molecular complexity index is 741. The molecule has 0 amide bonds. The van der Waals surface area contributed by atoms with E-state index in [9.17, 15) is 0 Å². The van der Waals surface area contributed by atoms with Crippen molar-refractivity contribution in [1.29, 1.82) is 0 Å². The highest BCUT2D eigenvalue weighted by atomic mass is 16.5. The topological polar surface area (TPSA) is 62.9 Å². The normalized spacial score (nSPS) is 13.5. The maximum Gasteiger partial charge on any atom is 0.120 e. The van der Waals surface area contributed by atoms with Gasteiger partial charge in [0, 0.05) is 29.6 Å². The summed E-state index contributed by atoms with van der Waals surface area (Å²) in [7, 11) is 0. The van der Waals surface area contributed by atoms with Crippen LogP contribution in [0, 0.1) is 0 Å². The fourth-order valence-electron chi connectivity index (χ4n) is 3.03. The lowest BCUT2D eigenvalue weighted by Gasteiger charge is -2.14. The smallest absolute Gasteiger partial charge is 0.120 e. The first-order valence-electron chi connectivity index (χ1n) is 7.60. The fraction of sp³-hybridized carbons (Fsp3) is 0.412. The van der Waals surface area contributed by atoms with Crippen LogP contribution in [0.15, 0.2) is 35.6 Å². The zero-order valence-corrected chi connectivity index (χ0v) is 13.2. The zero-order chi connectivity index (χ0) is 15.7. The number of azide groups is 1. The molecule has 114 valence electrons. The highest BCUT2D eigenvalue weighted by molar-refractivity contribution is 5.75. The Hall–Kier alpha value is -2.39. The SMILES string of the molecule is CC(Cn1ccc2c1-c1cc(OC(C)C)ccc1C2)N=[N+]=[N-]. The molecule has 0 aliphatic heterocycles. The Kier molecular flexibility index (Phi) is 3.82. The monoisotopic (exact) mass is 296 g/mol. The third-order valence-electron chi connectivity index (χ3n) is 3.85. The molecule has 5 heteroatoms. The van der Waals surface area contributed by atoms with E-state index < -0.39 is 0 Å². The van der Waals surface area contributed by atoms with Gasteiger partial charge < -0.3 is 9.30 Å². The van der Waals surface area contributed by atoms with Crippen LogP contribution in [0.25, 0.3) is 21.7 Å². The second-order valence-corrected chi connectivity index (χ2v) is 6.06. The minimum absolute atomic E-state index is 0.0688. The maximum atomic E-state index is 8.57. The van der Waals surface area contributed by atoms with Crippen LogP contribution in [-0.4, -0.2) is 16.7 Å². The predicted octanol–water partition coefficient (Wildman–Crippen LogP) is 4.55. The molecule has 1 aromatic carbocycles. The molecule has 1 unspecified atom stereocenters. The Morgan fingerprint density at radius 1 is 1.27 bits per heavy atom. The minimum atomic E-state index is -0.0688. The van der Waals surface area contributed by atoms with E-state index in [0.717, 1.165) is 12.2 Å². The van der Waals surface area contributed by atoms with E-state index in [-0.39, 0.29) is 12.1 Å². The van der Waals surface area contributed by atoms with Crippen LogP contribution in [-0.2, 0) is 13.0 Å². The third kappa shape index (κ3) is 2.68. The number of rotatable bonds is 5. The van der Waals surface area contributed by atoms with Gasteiger partial charge in [0.15, 0.2) is 0 Å². The van der Waals surface area contributed by atoms with Crippen molar-refractivity contribution >= 4 is 0 Å². The van der Waals surface area contributed by atoms with Gasteiger partial charge in [0.05, 0.1) is 17.8 Å². The zero-order valence-electron chi connectivity index (χ0n) is 13.2. The summed E-state index contributed by atoms with van der Waals surface area (Å²) in [5, 5.41) is 3.77. The summed E-state index contributed by atoms with van der Waals surface area (Å²) < 4.78 is 7.99. The number of nitrogens with zero attached hydrogens (tertiary/aromatic N) is 4. The molecule has 0 N–H and O–H groups in total. The molecule has 0 bridgehead atoms. The third-order valence-corrected chi connectivity index (χ3v) is 3.85. The minimum Gasteiger partial charge on any atom is -0.491 e. The van der Waals surface area contributed by atoms with E-state index in [1.54, 1.807) is 0 Å². The van der Waals surface area contributed by atoms with Crippen molar-refractivity contribution in [2.24, 2.45) is 5.11 Å². The summed E-state index contributed by atoms with van der Waals surface area (Å²) in [5.74, 6) is 0.900. The first-order chi connectivity index (χ1) is 10.6. The van der Waals surface area contributed by atoms with Crippen molar-refractivity contribution in [2.75, 3.05) is 0 Å². The van der Waals surface area contributed by atoms with Gasteiger partial charge in [-0.25, -0.2) is 0 Å². The standard InChI is InChI=1S/C17H20N4O/c1-11(2)22-15-5-4-13-8-14-6-7-21(10-12(3)19-20-18)17(14)16(13)9-15/h4-7,9,11-12H,8,10H2,1-3H3. The molecule has 22 heavy (non-hydrogen) atoms. The summed E-state index contributed by atoms with van der Waals surface area (Å²) in [6, 6.07) is 8.39. The van der Waals surface area contributed by atoms with Gasteiger partial charge in [0.25, 0.3) is 0 Å². The second-order valence-electron chi connectivity index (χ2n) is 6.06. The van der Waals surface area contributed by atoms with E-state index in [1.165, 1.54) is 22.4 Å². The van der Waals surface area contributed by atoms with Crippen molar-refractivity contribution in [2.45, 2.75) is 45.9 Å². The van der Waals surface area contributed by atoms with Gasteiger partial charge in [-0.2, -0.15) is 0 Å². The molecule has 0 saturated carbocycles. The van der Waals surface area contributed by atoms with E-state index in [2.05, 4.69) is 39.0 Å². The summed E-state index contributed by atoms with van der Waals surface area (Å²) in [5.41, 5.74) is 13.7. The van der Waals surface area contributed by atoms with E-state index >= 15 is 0 Å². The summed E-state index contributed by atoms with van der Waals surface area (Å²) >= 11 is 0. The molecule has 0 spiro atoms. The van der Waals surface area contributed by atoms with Gasteiger partial charge in [0.2, 0.25) is 0 Å². The number of aromatic nitrogens is 1. The average Bonchev–Trinajstić information content (AvgIpc) is 2.98. The van der Waals surface area contributed by atoms with Crippen LogP contribution in [0.2, 0.25) is 0 Å². The molecular weight excluding hydrogens is 276 g/mol. The molecule has 3 rings (SSSR count). The van der Waals surface area contributed by atoms with Crippen molar-refractivity contribution in [3.05, 3.63) is 52.0 Å². The first-order valence-corrected chi connectivity index (χ1v) is 7.60. The van der Waals surface area contributed by atoms with E-state index in [0.29, 0.717) is 6.54 Å². The van der Waals surface area contributed by atoms with Gasteiger partial charge in [-0.3, -0.25) is 0 Å². The molecule has 2 aromatic rings. The van der Waals surface area contributed by atoms with E-state index in [4.69, 9.17) is 10.3 Å². The second kappa shape index (κ2) is 5.78. The maximum absolute atomic E-state index is 8.57. The van der Waals surface area contributed by atoms with Crippen molar-refractivity contribution < 1.29 is 4.74 Å². The molecule has 1 heterocycles. The van der Waals surface area contributed by atoms with Crippen molar-refractivity contribution in [3.8, 4) is 17.0 Å². The molecule has 0 fully saturated rings. The average molecular weight is 296 g/mol. The molecule has 0 saturated heterocycles. The Labute approximate surface area is 130 Å². The highest BCUT2D eigenvalue weighted by Gasteiger charge is 2.23. The quantitative estimate of drug-likeness (QED) is 0.387. The Morgan fingerprint density at radius 2 is 2.09 bits per heavy atom. The number of benzene rings is 1. The number of hydrogen-bond acceptors (Lipinski definition) is 2. The van der Waals surface area contributed by atoms with Crippen molar-refractivity contribution in [1.82, 2.24) is 4.57 Å². The first kappa shape index (κ1) is 14.5. The van der Waals surface area contributed by atoms with Crippen LogP contribution < -0.4 is 4.74 Å². The molecule has 0 radical (unpaired) electrons. The van der Waals surface area contributed by atoms with Gasteiger partial charge >= 0.3 is 0 Å². The Balaban J connectivity index is 1.96. The molecular formula is C17H20N4O. The molecule has 1 aliphatic carbocycles. The van der Waals surface area contributed by atoms with Gasteiger partial charge in [-0.05, 0) is 48.7 Å². The fourth-order valence-corrected chi connectivity index (χ4v) is 3.03. The Morgan fingerprint density at radius 3 is 2.82 bits per heavy atom. The van der Waals surface area contributed by atoms with Crippen LogP contribution in [0.1, 0.15) is 31.9 Å². The molecule has 1 aromatic heterocycles. The molecule has 5 nitrogen and oxygen atoms in total. The summed E-state index contributed by atoms with van der Waals surface area (Å²) in [6.45, 7) is 6.68. The van der Waals surface area contributed by atoms with Crippen molar-refractivity contribution in [3.63, 3.8) is 0 Å². The lowest BCUT2D eigenvalue weighted by molar-refractivity contribution is 0.242. The van der Waals surface area contributed by atoms with Gasteiger partial charge in [0.1, 0.15) is 5.75 Å². The lowest BCUT2D eigenvalue weighted by atomic mass is 10.1. The van der Waals surface area contributed by atoms with Gasteiger partial charge in [-0.15, -0.1) is 0 Å². The number of hydrogen-bond donors (Lipinski definition) is 0. The van der Waals surface area contributed by atoms with E-state index in [1.807, 2.05) is 26.8 Å².